The van der Waals surface area contributed by atoms with Crippen molar-refractivity contribution in [2.24, 2.45) is 0 Å². The summed E-state index contributed by atoms with van der Waals surface area (Å²) in [6, 6.07) is 0. The molecule has 0 radical (unpaired) electrons. The number of rotatable bonds is 5. The first kappa shape index (κ1) is 7.80. The molecule has 0 aromatic heterocycles. The fourth-order valence-corrected chi connectivity index (χ4v) is 1.26. The zero-order valence-corrected chi connectivity index (χ0v) is 6.68. The summed E-state index contributed by atoms with van der Waals surface area (Å²) in [5, 5.41) is 0. The second kappa shape index (κ2) is 3.77. The second-order valence-electron chi connectivity index (χ2n) is 2.84. The molecule has 0 saturated carbocycles. The van der Waals surface area contributed by atoms with Gasteiger partial charge >= 0.3 is 0 Å². The van der Waals surface area contributed by atoms with E-state index in [0.717, 1.165) is 6.42 Å². The summed E-state index contributed by atoms with van der Waals surface area (Å²) in [5.41, 5.74) is 0. The van der Waals surface area contributed by atoms with E-state index in [1.165, 1.54) is 19.3 Å². The Morgan fingerprint density at radius 1 is 1.50 bits per heavy atom. The number of allylic oxidation sites excluding steroid dienone is 1. The minimum Gasteiger partial charge on any atom is -0.370 e. The number of hydrogen-bond acceptors (Lipinski definition) is 1. The second-order valence-corrected chi connectivity index (χ2v) is 2.84. The molecule has 0 aromatic carbocycles. The molecule has 1 heterocycles. The SMILES string of the molecule is C=CCCC[C@H]1O[C@@H]1CC. The predicted molar refractivity (Wildman–Crippen MR) is 43.0 cm³/mol. The predicted octanol–water partition coefficient (Wildman–Crippen LogP) is 2.52. The maximum atomic E-state index is 5.38. The third-order valence-corrected chi connectivity index (χ3v) is 1.99. The molecule has 0 aromatic rings. The summed E-state index contributed by atoms with van der Waals surface area (Å²) < 4.78 is 5.38. The van der Waals surface area contributed by atoms with Gasteiger partial charge in [-0.15, -0.1) is 6.58 Å². The van der Waals surface area contributed by atoms with E-state index in [0.29, 0.717) is 12.2 Å². The first-order valence-corrected chi connectivity index (χ1v) is 4.14. The minimum absolute atomic E-state index is 0.588. The van der Waals surface area contributed by atoms with Crippen LogP contribution in [0, 0.1) is 0 Å². The molecule has 0 N–H and O–H groups in total. The van der Waals surface area contributed by atoms with Crippen molar-refractivity contribution in [2.75, 3.05) is 0 Å². The number of epoxide rings is 1. The molecule has 1 heteroatoms. The van der Waals surface area contributed by atoms with E-state index in [4.69, 9.17) is 4.74 Å². The van der Waals surface area contributed by atoms with Crippen LogP contribution in [-0.2, 0) is 4.74 Å². The van der Waals surface area contributed by atoms with Crippen LogP contribution in [0.1, 0.15) is 32.6 Å². The Morgan fingerprint density at radius 3 is 2.80 bits per heavy atom. The van der Waals surface area contributed by atoms with Crippen LogP contribution < -0.4 is 0 Å². The van der Waals surface area contributed by atoms with Crippen LogP contribution >= 0.6 is 0 Å². The maximum Gasteiger partial charge on any atom is 0.0841 e. The van der Waals surface area contributed by atoms with Crippen LogP contribution in [-0.4, -0.2) is 12.2 Å². The highest BCUT2D eigenvalue weighted by Gasteiger charge is 2.35. The summed E-state index contributed by atoms with van der Waals surface area (Å²) in [6.07, 6.45) is 7.93. The van der Waals surface area contributed by atoms with Crippen LogP contribution in [0.5, 0.6) is 0 Å². The first-order valence-electron chi connectivity index (χ1n) is 4.14. The maximum absolute atomic E-state index is 5.38. The molecular formula is C9H16O. The average molecular weight is 140 g/mol. The monoisotopic (exact) mass is 140 g/mol. The van der Waals surface area contributed by atoms with Crippen molar-refractivity contribution in [1.82, 2.24) is 0 Å². The van der Waals surface area contributed by atoms with Gasteiger partial charge in [0, 0.05) is 0 Å². The van der Waals surface area contributed by atoms with E-state index in [2.05, 4.69) is 13.5 Å². The van der Waals surface area contributed by atoms with Crippen LogP contribution in [0.3, 0.4) is 0 Å². The van der Waals surface area contributed by atoms with E-state index in [-0.39, 0.29) is 0 Å². The van der Waals surface area contributed by atoms with Gasteiger partial charge in [-0.3, -0.25) is 0 Å². The standard InChI is InChI=1S/C9H16O/c1-3-5-6-7-9-8(4-2)10-9/h3,8-9H,1,4-7H2,2H3/t8-,9-/m1/s1. The molecule has 0 bridgehead atoms. The highest BCUT2D eigenvalue weighted by molar-refractivity contribution is 4.83. The fraction of sp³-hybridized carbons (Fsp3) is 0.778. The molecule has 0 aliphatic carbocycles. The molecule has 1 aliphatic heterocycles. The van der Waals surface area contributed by atoms with E-state index in [1.807, 2.05) is 6.08 Å². The normalized spacial score (nSPS) is 30.1. The lowest BCUT2D eigenvalue weighted by atomic mass is 10.1. The van der Waals surface area contributed by atoms with Gasteiger partial charge in [0.05, 0.1) is 12.2 Å². The van der Waals surface area contributed by atoms with E-state index in [1.54, 1.807) is 0 Å². The molecule has 1 aliphatic rings. The lowest BCUT2D eigenvalue weighted by Crippen LogP contribution is -1.90. The summed E-state index contributed by atoms with van der Waals surface area (Å²) in [7, 11) is 0. The largest absolute Gasteiger partial charge is 0.370 e. The Morgan fingerprint density at radius 2 is 2.30 bits per heavy atom. The Hall–Kier alpha value is -0.300. The lowest BCUT2D eigenvalue weighted by molar-refractivity contribution is 0.357. The van der Waals surface area contributed by atoms with Gasteiger partial charge in [0.25, 0.3) is 0 Å². The number of ether oxygens (including phenoxy) is 1. The van der Waals surface area contributed by atoms with Crippen LogP contribution in [0.4, 0.5) is 0 Å². The molecule has 1 saturated heterocycles. The van der Waals surface area contributed by atoms with Crippen molar-refractivity contribution in [1.29, 1.82) is 0 Å². The minimum atomic E-state index is 0.588. The zero-order chi connectivity index (χ0) is 7.40. The summed E-state index contributed by atoms with van der Waals surface area (Å²) in [6.45, 7) is 5.86. The number of unbranched alkanes of at least 4 members (excludes halogenated alkanes) is 1. The van der Waals surface area contributed by atoms with Gasteiger partial charge in [0.2, 0.25) is 0 Å². The van der Waals surface area contributed by atoms with Crippen molar-refractivity contribution in [3.8, 4) is 0 Å². The number of hydrogen-bond donors (Lipinski definition) is 0. The molecule has 1 rings (SSSR count). The molecule has 10 heavy (non-hydrogen) atoms. The molecule has 58 valence electrons. The molecule has 1 nitrogen and oxygen atoms in total. The third kappa shape index (κ3) is 2.14. The Bertz CT molecular complexity index is 109. The van der Waals surface area contributed by atoms with Crippen molar-refractivity contribution in [3.63, 3.8) is 0 Å². The molecule has 1 fully saturated rings. The Kier molecular flexibility index (Phi) is 2.94. The summed E-state index contributed by atoms with van der Waals surface area (Å²) >= 11 is 0. The summed E-state index contributed by atoms with van der Waals surface area (Å²) in [5.74, 6) is 0. The van der Waals surface area contributed by atoms with Crippen LogP contribution in [0.25, 0.3) is 0 Å². The van der Waals surface area contributed by atoms with Gasteiger partial charge in [-0.1, -0.05) is 13.0 Å². The molecule has 2 atom stereocenters. The van der Waals surface area contributed by atoms with Crippen molar-refractivity contribution < 1.29 is 4.74 Å². The average Bonchev–Trinajstić information content (AvgIpc) is 2.68. The van der Waals surface area contributed by atoms with Gasteiger partial charge < -0.3 is 4.74 Å². The molecule has 0 unspecified atom stereocenters. The molecular weight excluding hydrogens is 124 g/mol. The van der Waals surface area contributed by atoms with E-state index >= 15 is 0 Å². The van der Waals surface area contributed by atoms with E-state index in [9.17, 15) is 0 Å². The Balaban J connectivity index is 1.91. The van der Waals surface area contributed by atoms with Gasteiger partial charge in [0.15, 0.2) is 0 Å². The zero-order valence-electron chi connectivity index (χ0n) is 6.68. The smallest absolute Gasteiger partial charge is 0.0841 e. The fourth-order valence-electron chi connectivity index (χ4n) is 1.26. The van der Waals surface area contributed by atoms with Crippen molar-refractivity contribution in [3.05, 3.63) is 12.7 Å². The lowest BCUT2D eigenvalue weighted by Gasteiger charge is -1.90. The first-order chi connectivity index (χ1) is 4.88. The Labute approximate surface area is 63.1 Å². The van der Waals surface area contributed by atoms with Crippen molar-refractivity contribution in [2.45, 2.75) is 44.8 Å². The van der Waals surface area contributed by atoms with Gasteiger partial charge in [-0.25, -0.2) is 0 Å². The highest BCUT2D eigenvalue weighted by atomic mass is 16.6. The van der Waals surface area contributed by atoms with Gasteiger partial charge in [0.1, 0.15) is 0 Å². The van der Waals surface area contributed by atoms with Gasteiger partial charge in [-0.2, -0.15) is 0 Å². The van der Waals surface area contributed by atoms with Gasteiger partial charge in [-0.05, 0) is 25.7 Å². The molecule has 0 spiro atoms. The van der Waals surface area contributed by atoms with E-state index < -0.39 is 0 Å². The highest BCUT2D eigenvalue weighted by Crippen LogP contribution is 2.29. The molecule has 0 amide bonds. The van der Waals surface area contributed by atoms with Crippen LogP contribution in [0.15, 0.2) is 12.7 Å². The van der Waals surface area contributed by atoms with Crippen LogP contribution in [0.2, 0.25) is 0 Å². The quantitative estimate of drug-likeness (QED) is 0.325. The van der Waals surface area contributed by atoms with Crippen molar-refractivity contribution >= 4 is 0 Å². The summed E-state index contributed by atoms with van der Waals surface area (Å²) in [4.78, 5) is 0. The third-order valence-electron chi connectivity index (χ3n) is 1.99. The topological polar surface area (TPSA) is 12.5 Å².